The van der Waals surface area contributed by atoms with Gasteiger partial charge in [-0.2, -0.15) is 0 Å². The van der Waals surface area contributed by atoms with Crippen molar-refractivity contribution in [3.63, 3.8) is 0 Å². The van der Waals surface area contributed by atoms with Crippen LogP contribution in [0.4, 0.5) is 0 Å². The van der Waals surface area contributed by atoms with E-state index in [9.17, 15) is 4.79 Å². The van der Waals surface area contributed by atoms with E-state index in [1.807, 2.05) is 36.4 Å². The Bertz CT molecular complexity index is 792. The van der Waals surface area contributed by atoms with Gasteiger partial charge in [-0.1, -0.05) is 65.7 Å². The summed E-state index contributed by atoms with van der Waals surface area (Å²) in [5.74, 6) is -0.00608. The number of carbonyl (C=O) groups excluding carboxylic acids is 1. The Kier molecular flexibility index (Phi) is 3.79. The summed E-state index contributed by atoms with van der Waals surface area (Å²) in [6.07, 6.45) is 0.331. The largest absolute Gasteiger partial charge is 0.294 e. The molecule has 20 heavy (non-hydrogen) atoms. The lowest BCUT2D eigenvalue weighted by Crippen LogP contribution is -2.02. The van der Waals surface area contributed by atoms with Gasteiger partial charge < -0.3 is 0 Å². The van der Waals surface area contributed by atoms with Crippen molar-refractivity contribution in [3.05, 3.63) is 68.3 Å². The summed E-state index contributed by atoms with van der Waals surface area (Å²) >= 11 is 13.1. The van der Waals surface area contributed by atoms with Gasteiger partial charge in [0, 0.05) is 12.0 Å². The second-order valence-electron chi connectivity index (χ2n) is 4.52. The van der Waals surface area contributed by atoms with Gasteiger partial charge in [-0.3, -0.25) is 4.79 Å². The fourth-order valence-corrected chi connectivity index (χ4v) is 3.66. The Morgan fingerprint density at radius 1 is 1.00 bits per heavy atom. The summed E-state index contributed by atoms with van der Waals surface area (Å²) in [7, 11) is 0. The summed E-state index contributed by atoms with van der Waals surface area (Å²) < 4.78 is 0.998. The molecule has 0 saturated carbocycles. The van der Waals surface area contributed by atoms with E-state index in [1.165, 1.54) is 16.7 Å². The molecule has 3 rings (SSSR count). The van der Waals surface area contributed by atoms with Crippen LogP contribution in [-0.4, -0.2) is 5.78 Å². The molecule has 0 fully saturated rings. The van der Waals surface area contributed by atoms with Gasteiger partial charge in [0.05, 0.1) is 4.34 Å². The quantitative estimate of drug-likeness (QED) is 0.571. The standard InChI is InChI=1S/C16H10Cl2OS/c17-15-9-13(16(18)20-15)14(19)8-10-5-6-11-3-1-2-4-12(11)7-10/h1-7,9H,8H2. The van der Waals surface area contributed by atoms with Crippen LogP contribution in [0, 0.1) is 0 Å². The molecule has 1 heterocycles. The summed E-state index contributed by atoms with van der Waals surface area (Å²) in [5.41, 5.74) is 1.49. The number of rotatable bonds is 3. The molecule has 0 saturated heterocycles. The maximum absolute atomic E-state index is 12.2. The van der Waals surface area contributed by atoms with Gasteiger partial charge in [0.2, 0.25) is 0 Å². The molecular weight excluding hydrogens is 311 g/mol. The molecule has 0 aliphatic rings. The second kappa shape index (κ2) is 5.57. The van der Waals surface area contributed by atoms with Crippen molar-refractivity contribution in [2.45, 2.75) is 6.42 Å². The summed E-state index contributed by atoms with van der Waals surface area (Å²) in [6, 6.07) is 15.8. The number of ketones is 1. The molecule has 0 aliphatic heterocycles. The van der Waals surface area contributed by atoms with E-state index in [4.69, 9.17) is 23.2 Å². The molecule has 0 amide bonds. The molecule has 0 N–H and O–H groups in total. The number of thiophene rings is 1. The predicted octanol–water partition coefficient (Wildman–Crippen LogP) is 5.63. The van der Waals surface area contributed by atoms with E-state index in [1.54, 1.807) is 6.07 Å². The van der Waals surface area contributed by atoms with Crippen molar-refractivity contribution < 1.29 is 4.79 Å². The molecular formula is C16H10Cl2OS. The molecule has 1 nitrogen and oxygen atoms in total. The highest BCUT2D eigenvalue weighted by Crippen LogP contribution is 2.32. The zero-order chi connectivity index (χ0) is 14.1. The van der Waals surface area contributed by atoms with E-state index >= 15 is 0 Å². The van der Waals surface area contributed by atoms with Crippen LogP contribution < -0.4 is 0 Å². The van der Waals surface area contributed by atoms with Crippen molar-refractivity contribution in [3.8, 4) is 0 Å². The van der Waals surface area contributed by atoms with Crippen LogP contribution in [0.2, 0.25) is 8.67 Å². The van der Waals surface area contributed by atoms with Crippen LogP contribution in [-0.2, 0) is 6.42 Å². The molecule has 0 radical (unpaired) electrons. The number of Topliss-reactive ketones (excluding diaryl/α,β-unsaturated/α-hetero) is 1. The van der Waals surface area contributed by atoms with Crippen LogP contribution in [0.5, 0.6) is 0 Å². The molecule has 0 bridgehead atoms. The van der Waals surface area contributed by atoms with Crippen molar-refractivity contribution in [2.24, 2.45) is 0 Å². The van der Waals surface area contributed by atoms with Gasteiger partial charge in [-0.25, -0.2) is 0 Å². The van der Waals surface area contributed by atoms with Crippen molar-refractivity contribution >= 4 is 51.1 Å². The maximum atomic E-state index is 12.2. The van der Waals surface area contributed by atoms with Crippen LogP contribution in [0.3, 0.4) is 0 Å². The van der Waals surface area contributed by atoms with Gasteiger partial charge in [0.1, 0.15) is 4.34 Å². The fourth-order valence-electron chi connectivity index (χ4n) is 2.16. The first-order chi connectivity index (χ1) is 9.63. The highest BCUT2D eigenvalue weighted by Gasteiger charge is 2.14. The number of hydrogen-bond donors (Lipinski definition) is 0. The summed E-state index contributed by atoms with van der Waals surface area (Å²) in [5, 5.41) is 2.30. The lowest BCUT2D eigenvalue weighted by Gasteiger charge is -2.03. The van der Waals surface area contributed by atoms with E-state index in [0.717, 1.165) is 10.9 Å². The average molecular weight is 321 g/mol. The Morgan fingerprint density at radius 3 is 2.45 bits per heavy atom. The van der Waals surface area contributed by atoms with Crippen LogP contribution in [0.1, 0.15) is 15.9 Å². The Labute approximate surface area is 130 Å². The van der Waals surface area contributed by atoms with Crippen molar-refractivity contribution in [1.82, 2.24) is 0 Å². The molecule has 0 spiro atoms. The highest BCUT2D eigenvalue weighted by molar-refractivity contribution is 7.20. The first-order valence-electron chi connectivity index (χ1n) is 6.09. The van der Waals surface area contributed by atoms with Gasteiger partial charge in [-0.15, -0.1) is 11.3 Å². The van der Waals surface area contributed by atoms with E-state index in [2.05, 4.69) is 6.07 Å². The van der Waals surface area contributed by atoms with E-state index in [0.29, 0.717) is 20.7 Å². The molecule has 1 aromatic heterocycles. The second-order valence-corrected chi connectivity index (χ2v) is 6.80. The molecule has 2 aromatic carbocycles. The number of fused-ring (bicyclic) bond motifs is 1. The first-order valence-corrected chi connectivity index (χ1v) is 7.66. The molecule has 0 atom stereocenters. The Morgan fingerprint density at radius 2 is 1.75 bits per heavy atom. The Balaban J connectivity index is 1.89. The number of halogens is 2. The van der Waals surface area contributed by atoms with Crippen LogP contribution in [0.15, 0.2) is 48.5 Å². The van der Waals surface area contributed by atoms with Gasteiger partial charge in [0.15, 0.2) is 5.78 Å². The number of benzene rings is 2. The minimum absolute atomic E-state index is 0.00608. The maximum Gasteiger partial charge on any atom is 0.169 e. The zero-order valence-corrected chi connectivity index (χ0v) is 12.7. The predicted molar refractivity (Wildman–Crippen MR) is 86.3 cm³/mol. The van der Waals surface area contributed by atoms with Gasteiger partial charge >= 0.3 is 0 Å². The third-order valence-corrected chi connectivity index (χ3v) is 4.62. The number of hydrogen-bond acceptors (Lipinski definition) is 2. The highest BCUT2D eigenvalue weighted by atomic mass is 35.5. The number of carbonyl (C=O) groups is 1. The smallest absolute Gasteiger partial charge is 0.169 e. The topological polar surface area (TPSA) is 17.1 Å². The minimum atomic E-state index is -0.00608. The fraction of sp³-hybridized carbons (Fsp3) is 0.0625. The molecule has 0 aliphatic carbocycles. The monoisotopic (exact) mass is 320 g/mol. The van der Waals surface area contributed by atoms with Crippen LogP contribution >= 0.6 is 34.5 Å². The molecule has 3 aromatic rings. The molecule has 4 heteroatoms. The first kappa shape index (κ1) is 13.6. The van der Waals surface area contributed by atoms with Crippen molar-refractivity contribution in [2.75, 3.05) is 0 Å². The summed E-state index contributed by atoms with van der Waals surface area (Å²) in [4.78, 5) is 12.2. The van der Waals surface area contributed by atoms with E-state index in [-0.39, 0.29) is 5.78 Å². The normalized spacial score (nSPS) is 10.9. The lowest BCUT2D eigenvalue weighted by atomic mass is 10.0. The van der Waals surface area contributed by atoms with E-state index < -0.39 is 0 Å². The van der Waals surface area contributed by atoms with Crippen LogP contribution in [0.25, 0.3) is 10.8 Å². The average Bonchev–Trinajstić information content (AvgIpc) is 2.78. The van der Waals surface area contributed by atoms with Crippen molar-refractivity contribution in [1.29, 1.82) is 0 Å². The third-order valence-electron chi connectivity index (χ3n) is 3.14. The third kappa shape index (κ3) is 2.73. The van der Waals surface area contributed by atoms with Gasteiger partial charge in [-0.05, 0) is 22.4 Å². The SMILES string of the molecule is O=C(Cc1ccc2ccccc2c1)c1cc(Cl)sc1Cl. The summed E-state index contributed by atoms with van der Waals surface area (Å²) in [6.45, 7) is 0. The minimum Gasteiger partial charge on any atom is -0.294 e. The molecule has 100 valence electrons. The lowest BCUT2D eigenvalue weighted by molar-refractivity contribution is 0.0993. The Hall–Kier alpha value is -1.35. The molecule has 0 unspecified atom stereocenters. The zero-order valence-electron chi connectivity index (χ0n) is 10.4. The van der Waals surface area contributed by atoms with Gasteiger partial charge in [0.25, 0.3) is 0 Å².